The molecule has 1 aliphatic rings. The molecule has 1 amide bonds. The van der Waals surface area contributed by atoms with Gasteiger partial charge >= 0.3 is 0 Å². The maximum Gasteiger partial charge on any atom is 0.220 e. The van der Waals surface area contributed by atoms with Crippen molar-refractivity contribution >= 4 is 5.91 Å². The van der Waals surface area contributed by atoms with Gasteiger partial charge in [0.25, 0.3) is 0 Å². The molecular formula is C58H109NO8. The maximum atomic E-state index is 13.0. The number of aliphatic hydroxyl groups is 5. The summed E-state index contributed by atoms with van der Waals surface area (Å²) in [6.07, 6.45) is 55.1. The first-order chi connectivity index (χ1) is 32.8. The van der Waals surface area contributed by atoms with Gasteiger partial charge in [0.2, 0.25) is 5.91 Å². The highest BCUT2D eigenvalue weighted by molar-refractivity contribution is 5.76. The first-order valence-corrected chi connectivity index (χ1v) is 28.7. The highest BCUT2D eigenvalue weighted by Gasteiger charge is 2.44. The fourth-order valence-electron chi connectivity index (χ4n) is 9.13. The zero-order valence-corrected chi connectivity index (χ0v) is 43.7. The Morgan fingerprint density at radius 1 is 0.493 bits per heavy atom. The van der Waals surface area contributed by atoms with E-state index in [0.29, 0.717) is 6.42 Å². The molecule has 1 rings (SSSR count). The normalized spacial score (nSPS) is 19.9. The largest absolute Gasteiger partial charge is 0.394 e. The summed E-state index contributed by atoms with van der Waals surface area (Å²) in [5, 5.41) is 54.4. The van der Waals surface area contributed by atoms with Crippen LogP contribution in [0.2, 0.25) is 0 Å². The zero-order chi connectivity index (χ0) is 48.7. The number of amides is 1. The third-order valence-electron chi connectivity index (χ3n) is 13.7. The van der Waals surface area contributed by atoms with Crippen LogP contribution in [0.15, 0.2) is 36.5 Å². The number of rotatable bonds is 49. The molecule has 67 heavy (non-hydrogen) atoms. The molecule has 7 unspecified atom stereocenters. The third-order valence-corrected chi connectivity index (χ3v) is 13.7. The molecule has 9 nitrogen and oxygen atoms in total. The van der Waals surface area contributed by atoms with Crippen LogP contribution in [-0.4, -0.2) is 87.5 Å². The molecular weight excluding hydrogens is 839 g/mol. The second kappa shape index (κ2) is 48.1. The lowest BCUT2D eigenvalue weighted by molar-refractivity contribution is -0.302. The molecule has 1 saturated heterocycles. The van der Waals surface area contributed by atoms with Gasteiger partial charge in [-0.25, -0.2) is 0 Å². The van der Waals surface area contributed by atoms with Crippen molar-refractivity contribution in [3.8, 4) is 0 Å². The summed E-state index contributed by atoms with van der Waals surface area (Å²) in [6, 6.07) is -0.825. The van der Waals surface area contributed by atoms with Crippen molar-refractivity contribution in [1.82, 2.24) is 5.32 Å². The molecule has 0 aromatic carbocycles. The van der Waals surface area contributed by atoms with Crippen molar-refractivity contribution in [2.24, 2.45) is 0 Å². The van der Waals surface area contributed by atoms with Crippen LogP contribution in [0.3, 0.4) is 0 Å². The first kappa shape index (κ1) is 63.4. The summed E-state index contributed by atoms with van der Waals surface area (Å²) in [7, 11) is 0. The van der Waals surface area contributed by atoms with Crippen LogP contribution in [0.5, 0.6) is 0 Å². The van der Waals surface area contributed by atoms with Gasteiger partial charge in [-0.15, -0.1) is 0 Å². The summed E-state index contributed by atoms with van der Waals surface area (Å²) in [4.78, 5) is 13.0. The topological polar surface area (TPSA) is 149 Å². The van der Waals surface area contributed by atoms with E-state index in [4.69, 9.17) is 9.47 Å². The Kier molecular flexibility index (Phi) is 45.5. The van der Waals surface area contributed by atoms with Crippen LogP contribution in [0.4, 0.5) is 0 Å². The van der Waals surface area contributed by atoms with Gasteiger partial charge in [0, 0.05) is 6.42 Å². The Labute approximate surface area is 412 Å². The number of nitrogens with one attached hydrogen (secondary N) is 1. The molecule has 1 aliphatic heterocycles. The summed E-state index contributed by atoms with van der Waals surface area (Å²) in [5.41, 5.74) is 0. The minimum atomic E-state index is -1.57. The van der Waals surface area contributed by atoms with Gasteiger partial charge in [-0.3, -0.25) is 4.79 Å². The summed E-state index contributed by atoms with van der Waals surface area (Å²) in [6.45, 7) is 3.77. The fourth-order valence-corrected chi connectivity index (χ4v) is 9.13. The number of carbonyl (C=O) groups excluding carboxylic acids is 1. The number of ether oxygens (including phenoxy) is 2. The molecule has 0 saturated carbocycles. The molecule has 1 heterocycles. The highest BCUT2D eigenvalue weighted by atomic mass is 16.7. The van der Waals surface area contributed by atoms with E-state index in [1.807, 2.05) is 6.08 Å². The molecule has 0 spiro atoms. The standard InChI is InChI=1S/C58H109NO8/c1-3-5-7-9-11-13-15-17-19-21-22-23-24-25-26-27-28-29-30-31-32-34-36-38-40-42-44-46-48-54(62)59-51(50-66-58-57(65)56(64)55(63)53(49-60)67-58)52(61)47-45-43-41-39-37-35-33-20-18-16-14-12-10-8-6-4-2/h18,20,37,39,45,47,51-53,55-58,60-61,63-65H,3-17,19,21-36,38,40-44,46,48-50H2,1-2H3,(H,59,62)/b20-18+,39-37+,47-45+. The van der Waals surface area contributed by atoms with Gasteiger partial charge in [-0.1, -0.05) is 256 Å². The number of hydrogen-bond acceptors (Lipinski definition) is 8. The molecule has 394 valence electrons. The first-order valence-electron chi connectivity index (χ1n) is 28.7. The van der Waals surface area contributed by atoms with Crippen LogP contribution in [0.25, 0.3) is 0 Å². The number of carbonyl (C=O) groups is 1. The minimum absolute atomic E-state index is 0.186. The molecule has 7 atom stereocenters. The van der Waals surface area contributed by atoms with Crippen molar-refractivity contribution in [3.05, 3.63) is 36.5 Å². The van der Waals surface area contributed by atoms with Crippen LogP contribution in [0, 0.1) is 0 Å². The molecule has 0 bridgehead atoms. The summed E-state index contributed by atoms with van der Waals surface area (Å²) < 4.78 is 11.2. The van der Waals surface area contributed by atoms with E-state index in [2.05, 4.69) is 43.5 Å². The lowest BCUT2D eigenvalue weighted by atomic mass is 9.99. The van der Waals surface area contributed by atoms with E-state index >= 15 is 0 Å². The Balaban J connectivity index is 2.19. The van der Waals surface area contributed by atoms with Crippen LogP contribution in [-0.2, 0) is 14.3 Å². The quantitative estimate of drug-likeness (QED) is 0.0261. The van der Waals surface area contributed by atoms with E-state index in [1.54, 1.807) is 6.08 Å². The predicted molar refractivity (Wildman–Crippen MR) is 281 cm³/mol. The van der Waals surface area contributed by atoms with Gasteiger partial charge in [0.15, 0.2) is 6.29 Å². The van der Waals surface area contributed by atoms with E-state index in [1.165, 1.54) is 199 Å². The molecule has 0 radical (unpaired) electrons. The van der Waals surface area contributed by atoms with Crippen molar-refractivity contribution in [1.29, 1.82) is 0 Å². The van der Waals surface area contributed by atoms with Crippen LogP contribution in [0.1, 0.15) is 271 Å². The van der Waals surface area contributed by atoms with Gasteiger partial charge in [0.1, 0.15) is 24.4 Å². The number of hydrogen-bond donors (Lipinski definition) is 6. The number of unbranched alkanes of at least 4 members (excludes halogenated alkanes) is 35. The smallest absolute Gasteiger partial charge is 0.220 e. The van der Waals surface area contributed by atoms with Gasteiger partial charge < -0.3 is 40.3 Å². The summed E-state index contributed by atoms with van der Waals surface area (Å²) >= 11 is 0. The van der Waals surface area contributed by atoms with Crippen molar-refractivity contribution < 1.29 is 39.8 Å². The highest BCUT2D eigenvalue weighted by Crippen LogP contribution is 2.23. The average molecular weight is 949 g/mol. The van der Waals surface area contributed by atoms with Gasteiger partial charge in [0.05, 0.1) is 25.4 Å². The molecule has 0 aromatic rings. The predicted octanol–water partition coefficient (Wildman–Crippen LogP) is 14.0. The Bertz CT molecular complexity index is 1150. The lowest BCUT2D eigenvalue weighted by Gasteiger charge is -2.40. The number of allylic oxidation sites excluding steroid dienone is 5. The van der Waals surface area contributed by atoms with Crippen LogP contribution < -0.4 is 5.32 Å². The molecule has 9 heteroatoms. The summed E-state index contributed by atoms with van der Waals surface area (Å²) in [5.74, 6) is -0.186. The second-order valence-electron chi connectivity index (χ2n) is 20.1. The minimum Gasteiger partial charge on any atom is -0.394 e. The average Bonchev–Trinajstić information content (AvgIpc) is 3.33. The monoisotopic (exact) mass is 948 g/mol. The fraction of sp³-hybridized carbons (Fsp3) is 0.879. The Morgan fingerprint density at radius 3 is 1.25 bits per heavy atom. The SMILES string of the molecule is CCCCCCCC/C=C/CC/C=C/CC/C=C/C(O)C(COC1OC(CO)C(O)C(O)C1O)NC(=O)CCCCCCCCCCCCCCCCCCCCCCCCCCCCCC. The Morgan fingerprint density at radius 2 is 0.851 bits per heavy atom. The molecule has 6 N–H and O–H groups in total. The van der Waals surface area contributed by atoms with Crippen molar-refractivity contribution in [2.75, 3.05) is 13.2 Å². The van der Waals surface area contributed by atoms with Gasteiger partial charge in [-0.2, -0.15) is 0 Å². The van der Waals surface area contributed by atoms with Crippen LogP contribution >= 0.6 is 0 Å². The zero-order valence-electron chi connectivity index (χ0n) is 43.7. The number of aliphatic hydroxyl groups excluding tert-OH is 5. The van der Waals surface area contributed by atoms with Crippen molar-refractivity contribution in [3.63, 3.8) is 0 Å². The van der Waals surface area contributed by atoms with E-state index in [0.717, 1.165) is 51.4 Å². The molecule has 1 fully saturated rings. The van der Waals surface area contributed by atoms with E-state index in [-0.39, 0.29) is 12.5 Å². The van der Waals surface area contributed by atoms with Crippen molar-refractivity contribution in [2.45, 2.75) is 314 Å². The third kappa shape index (κ3) is 37.9. The second-order valence-corrected chi connectivity index (χ2v) is 20.1. The van der Waals surface area contributed by atoms with E-state index < -0.39 is 49.5 Å². The van der Waals surface area contributed by atoms with E-state index in [9.17, 15) is 30.3 Å². The molecule has 0 aromatic heterocycles. The Hall–Kier alpha value is -1.59. The van der Waals surface area contributed by atoms with Gasteiger partial charge in [-0.05, 0) is 44.9 Å². The maximum absolute atomic E-state index is 13.0. The molecule has 0 aliphatic carbocycles. The lowest BCUT2D eigenvalue weighted by Crippen LogP contribution is -2.60.